The number of imidazole rings is 1. The van der Waals surface area contributed by atoms with Gasteiger partial charge in [0.1, 0.15) is 0 Å². The molecule has 2 saturated heterocycles. The fourth-order valence-electron chi connectivity index (χ4n) is 5.24. The van der Waals surface area contributed by atoms with Crippen molar-refractivity contribution in [1.29, 1.82) is 0 Å². The molecule has 3 aromatic rings. The van der Waals surface area contributed by atoms with E-state index < -0.39 is 0 Å². The number of benzene rings is 1. The summed E-state index contributed by atoms with van der Waals surface area (Å²) in [6.07, 6.45) is 3.59. The lowest BCUT2D eigenvalue weighted by Crippen LogP contribution is -2.46. The Labute approximate surface area is 186 Å². The minimum atomic E-state index is 0.0455. The van der Waals surface area contributed by atoms with E-state index in [9.17, 15) is 9.59 Å². The third kappa shape index (κ3) is 3.96. The first kappa shape index (κ1) is 20.5. The molecule has 2 aliphatic rings. The van der Waals surface area contributed by atoms with Crippen molar-refractivity contribution in [3.05, 3.63) is 57.1 Å². The highest BCUT2D eigenvalue weighted by Gasteiger charge is 2.32. The summed E-state index contributed by atoms with van der Waals surface area (Å²) < 4.78 is 3.68. The average Bonchev–Trinajstić information content (AvgIpc) is 3.41. The number of carbonyl (C=O) groups is 1. The number of hydrogen-bond acceptors (Lipinski definition) is 4. The van der Waals surface area contributed by atoms with Gasteiger partial charge in [-0.25, -0.2) is 4.79 Å². The maximum atomic E-state index is 13.1. The van der Waals surface area contributed by atoms with Gasteiger partial charge in [0.25, 0.3) is 0 Å². The van der Waals surface area contributed by atoms with E-state index in [0.717, 1.165) is 69.4 Å². The Hall–Kier alpha value is -2.38. The second-order valence-corrected chi connectivity index (χ2v) is 9.92. The van der Waals surface area contributed by atoms with Crippen LogP contribution in [0.4, 0.5) is 0 Å². The quantitative estimate of drug-likeness (QED) is 0.627. The number of fused-ring (bicyclic) bond motifs is 1. The van der Waals surface area contributed by atoms with Crippen LogP contribution in [0, 0.1) is 5.92 Å². The third-order valence-corrected chi connectivity index (χ3v) is 7.89. The summed E-state index contributed by atoms with van der Waals surface area (Å²) in [6, 6.07) is 12.4. The summed E-state index contributed by atoms with van der Waals surface area (Å²) in [6.45, 7) is 4.49. The highest BCUT2D eigenvalue weighted by atomic mass is 32.1. The predicted octanol–water partition coefficient (Wildman–Crippen LogP) is 3.48. The van der Waals surface area contributed by atoms with Crippen molar-refractivity contribution in [2.45, 2.75) is 38.3 Å². The monoisotopic (exact) mass is 438 g/mol. The Morgan fingerprint density at radius 1 is 0.968 bits per heavy atom. The maximum Gasteiger partial charge on any atom is 0.329 e. The SMILES string of the molecule is Cn1c(=O)n(C2CCN(C(=O)C3CCN(Cc4cccs4)CC3)CC2)c2ccccc21. The van der Waals surface area contributed by atoms with Crippen molar-refractivity contribution in [2.75, 3.05) is 26.2 Å². The van der Waals surface area contributed by atoms with Crippen molar-refractivity contribution < 1.29 is 4.79 Å². The summed E-state index contributed by atoms with van der Waals surface area (Å²) in [5.74, 6) is 0.468. The molecule has 6 nitrogen and oxygen atoms in total. The topological polar surface area (TPSA) is 50.5 Å². The molecule has 2 fully saturated rings. The molecule has 0 radical (unpaired) electrons. The normalized spacial score (nSPS) is 19.3. The number of thiophene rings is 1. The molecule has 1 amide bonds. The molecule has 164 valence electrons. The summed E-state index contributed by atoms with van der Waals surface area (Å²) in [5.41, 5.74) is 2.02. The van der Waals surface area contributed by atoms with E-state index in [1.165, 1.54) is 4.88 Å². The number of likely N-dealkylation sites (tertiary alicyclic amines) is 2. The van der Waals surface area contributed by atoms with Crippen LogP contribution in [-0.4, -0.2) is 51.0 Å². The molecule has 0 atom stereocenters. The second-order valence-electron chi connectivity index (χ2n) is 8.89. The van der Waals surface area contributed by atoms with Crippen LogP contribution in [0.5, 0.6) is 0 Å². The van der Waals surface area contributed by atoms with Crippen LogP contribution in [0.15, 0.2) is 46.6 Å². The number of hydrogen-bond donors (Lipinski definition) is 0. The van der Waals surface area contributed by atoms with Crippen LogP contribution >= 0.6 is 11.3 Å². The van der Waals surface area contributed by atoms with Crippen LogP contribution in [0.1, 0.15) is 36.6 Å². The zero-order valence-electron chi connectivity index (χ0n) is 18.1. The highest BCUT2D eigenvalue weighted by molar-refractivity contribution is 7.09. The minimum absolute atomic E-state index is 0.0455. The molecule has 0 saturated carbocycles. The Balaban J connectivity index is 1.18. The molecule has 1 aromatic carbocycles. The van der Waals surface area contributed by atoms with E-state index in [1.54, 1.807) is 15.9 Å². The molecular formula is C24H30N4O2S. The molecule has 0 N–H and O–H groups in total. The summed E-state index contributed by atoms with van der Waals surface area (Å²) in [4.78, 5) is 31.9. The zero-order chi connectivity index (χ0) is 21.4. The molecule has 7 heteroatoms. The van der Waals surface area contributed by atoms with Crippen LogP contribution in [0.2, 0.25) is 0 Å². The van der Waals surface area contributed by atoms with Gasteiger partial charge in [0.15, 0.2) is 0 Å². The van der Waals surface area contributed by atoms with Crippen LogP contribution in [0.25, 0.3) is 11.0 Å². The van der Waals surface area contributed by atoms with Crippen molar-refractivity contribution in [2.24, 2.45) is 13.0 Å². The number of rotatable bonds is 4. The van der Waals surface area contributed by atoms with Gasteiger partial charge in [0.2, 0.25) is 5.91 Å². The van der Waals surface area contributed by atoms with Crippen LogP contribution in [0.3, 0.4) is 0 Å². The first-order valence-electron chi connectivity index (χ1n) is 11.3. The number of aromatic nitrogens is 2. The van der Waals surface area contributed by atoms with E-state index in [4.69, 9.17) is 0 Å². The standard InChI is InChI=1S/C24H30N4O2S/c1-25-21-6-2-3-7-22(21)28(24(25)30)19-10-14-27(15-11-19)23(29)18-8-12-26(13-9-18)17-20-5-4-16-31-20/h2-7,16,18-19H,8-15,17H2,1H3. The first-order valence-corrected chi connectivity index (χ1v) is 12.2. The lowest BCUT2D eigenvalue weighted by molar-refractivity contribution is -0.138. The van der Waals surface area contributed by atoms with Crippen molar-refractivity contribution in [3.8, 4) is 0 Å². The van der Waals surface area contributed by atoms with E-state index in [2.05, 4.69) is 22.4 Å². The van der Waals surface area contributed by atoms with E-state index >= 15 is 0 Å². The Morgan fingerprint density at radius 3 is 2.35 bits per heavy atom. The summed E-state index contributed by atoms with van der Waals surface area (Å²) in [5, 5.41) is 2.13. The van der Waals surface area contributed by atoms with Gasteiger partial charge in [0, 0.05) is 43.5 Å². The van der Waals surface area contributed by atoms with Crippen LogP contribution < -0.4 is 5.69 Å². The lowest BCUT2D eigenvalue weighted by Gasteiger charge is -2.37. The smallest absolute Gasteiger partial charge is 0.329 e. The molecule has 0 aliphatic carbocycles. The lowest BCUT2D eigenvalue weighted by atomic mass is 9.93. The van der Waals surface area contributed by atoms with Gasteiger partial charge in [0.05, 0.1) is 11.0 Å². The zero-order valence-corrected chi connectivity index (χ0v) is 18.9. The first-order chi connectivity index (χ1) is 15.1. The second kappa shape index (κ2) is 8.63. The number of aryl methyl sites for hydroxylation is 1. The largest absolute Gasteiger partial charge is 0.342 e. The number of piperidine rings is 2. The number of amides is 1. The van der Waals surface area contributed by atoms with Gasteiger partial charge >= 0.3 is 5.69 Å². The summed E-state index contributed by atoms with van der Waals surface area (Å²) in [7, 11) is 1.84. The van der Waals surface area contributed by atoms with E-state index in [-0.39, 0.29) is 17.6 Å². The molecule has 31 heavy (non-hydrogen) atoms. The van der Waals surface area contributed by atoms with Gasteiger partial charge < -0.3 is 4.90 Å². The number of carbonyl (C=O) groups excluding carboxylic acids is 1. The van der Waals surface area contributed by atoms with Gasteiger partial charge in [-0.1, -0.05) is 18.2 Å². The molecule has 0 bridgehead atoms. The Kier molecular flexibility index (Phi) is 5.71. The van der Waals surface area contributed by atoms with Gasteiger partial charge in [-0.2, -0.15) is 0 Å². The van der Waals surface area contributed by atoms with Crippen molar-refractivity contribution in [1.82, 2.24) is 18.9 Å². The molecule has 0 spiro atoms. The average molecular weight is 439 g/mol. The van der Waals surface area contributed by atoms with E-state index in [1.807, 2.05) is 40.8 Å². The maximum absolute atomic E-state index is 13.1. The van der Waals surface area contributed by atoms with Crippen molar-refractivity contribution in [3.63, 3.8) is 0 Å². The van der Waals surface area contributed by atoms with Gasteiger partial charge in [-0.15, -0.1) is 11.3 Å². The number of para-hydroxylation sites is 2. The molecule has 2 aromatic heterocycles. The number of nitrogens with zero attached hydrogens (tertiary/aromatic N) is 4. The molecule has 4 heterocycles. The van der Waals surface area contributed by atoms with Gasteiger partial charge in [-0.3, -0.25) is 18.8 Å². The van der Waals surface area contributed by atoms with Crippen molar-refractivity contribution >= 4 is 28.3 Å². The molecule has 2 aliphatic heterocycles. The molecule has 0 unspecified atom stereocenters. The molecular weight excluding hydrogens is 408 g/mol. The Morgan fingerprint density at radius 2 is 1.68 bits per heavy atom. The molecule has 5 rings (SSSR count). The summed E-state index contributed by atoms with van der Waals surface area (Å²) >= 11 is 1.81. The highest BCUT2D eigenvalue weighted by Crippen LogP contribution is 2.28. The predicted molar refractivity (Wildman–Crippen MR) is 124 cm³/mol. The fourth-order valence-corrected chi connectivity index (χ4v) is 5.98. The fraction of sp³-hybridized carbons (Fsp3) is 0.500. The third-order valence-electron chi connectivity index (χ3n) is 7.03. The Bertz CT molecular complexity index is 1100. The van der Waals surface area contributed by atoms with Crippen LogP contribution in [-0.2, 0) is 18.4 Å². The minimum Gasteiger partial charge on any atom is -0.342 e. The van der Waals surface area contributed by atoms with Gasteiger partial charge in [-0.05, 0) is 62.4 Å². The van der Waals surface area contributed by atoms with E-state index in [0.29, 0.717) is 5.91 Å².